The van der Waals surface area contributed by atoms with Crippen LogP contribution in [0, 0.1) is 0 Å². The first-order chi connectivity index (χ1) is 19.7. The molecular formula is C30H45BrN2O9S. The topological polar surface area (TPSA) is 153 Å². The summed E-state index contributed by atoms with van der Waals surface area (Å²) >= 11 is 4.75. The maximum atomic E-state index is 12.9. The van der Waals surface area contributed by atoms with Crippen molar-refractivity contribution in [2.24, 2.45) is 0 Å². The number of carbonyl (C=O) groups is 4. The Hall–Kier alpha value is -2.77. The van der Waals surface area contributed by atoms with Crippen LogP contribution in [-0.4, -0.2) is 73.7 Å². The fourth-order valence-electron chi connectivity index (χ4n) is 3.82. The van der Waals surface area contributed by atoms with Gasteiger partial charge in [-0.1, -0.05) is 21.5 Å². The summed E-state index contributed by atoms with van der Waals surface area (Å²) in [7, 11) is 0. The molecule has 3 atom stereocenters. The van der Waals surface area contributed by atoms with E-state index in [1.165, 1.54) is 17.4 Å². The molecule has 1 aromatic rings. The summed E-state index contributed by atoms with van der Waals surface area (Å²) in [6.07, 6.45) is 1.08. The van der Waals surface area contributed by atoms with Gasteiger partial charge in [0, 0.05) is 17.9 Å². The highest BCUT2D eigenvalue weighted by Gasteiger charge is 2.40. The number of carboxylic acid groups (broad SMARTS) is 1. The van der Waals surface area contributed by atoms with Gasteiger partial charge in [0.15, 0.2) is 0 Å². The number of aliphatic carboxylic acids is 1. The molecular weight excluding hydrogens is 644 g/mol. The molecule has 1 rings (SSSR count). The summed E-state index contributed by atoms with van der Waals surface area (Å²) in [6, 6.07) is -1.51. The number of amides is 2. The average Bonchev–Trinajstić information content (AvgIpc) is 3.21. The molecule has 0 aliphatic heterocycles. The molecule has 13 heteroatoms. The highest BCUT2D eigenvalue weighted by atomic mass is 79.9. The average molecular weight is 690 g/mol. The first-order valence-corrected chi connectivity index (χ1v) is 15.6. The summed E-state index contributed by atoms with van der Waals surface area (Å²) in [5.74, 6) is -1.89. The van der Waals surface area contributed by atoms with Crippen LogP contribution < -0.4 is 0 Å². The van der Waals surface area contributed by atoms with Gasteiger partial charge >= 0.3 is 24.1 Å². The Morgan fingerprint density at radius 1 is 1.07 bits per heavy atom. The van der Waals surface area contributed by atoms with Crippen molar-refractivity contribution in [1.82, 2.24) is 9.88 Å². The highest BCUT2D eigenvalue weighted by Crippen LogP contribution is 2.22. The first kappa shape index (κ1) is 38.3. The van der Waals surface area contributed by atoms with E-state index in [4.69, 9.17) is 14.2 Å². The van der Waals surface area contributed by atoms with Gasteiger partial charge in [-0.25, -0.2) is 24.2 Å². The van der Waals surface area contributed by atoms with E-state index in [1.54, 1.807) is 61.5 Å². The Kier molecular flexibility index (Phi) is 15.0. The number of hydrogen-bond acceptors (Lipinski definition) is 10. The molecule has 2 N–H and O–H groups in total. The molecule has 43 heavy (non-hydrogen) atoms. The number of thiazole rings is 1. The molecule has 2 unspecified atom stereocenters. The maximum absolute atomic E-state index is 12.9. The molecule has 0 aromatic carbocycles. The molecule has 0 bridgehead atoms. The lowest BCUT2D eigenvalue weighted by molar-refractivity contribution is -0.143. The quantitative estimate of drug-likeness (QED) is 0.132. The standard InChI is InChI=1S/C30H45BrN2O9S/c1-18(13-20(3)34)14-25(35)40-22(15-19(2)31)16-24-32-21(17-43-24)11-10-12-23(26(36)37)33(27(38)41-29(4,5)6)28(39)42-30(7,8)9/h14-15,17,20,22-23,34H,10-13,16H2,1-9H3,(H,36,37)/b18-14+,19-15+/t20?,22?,23-/m0/s1. The van der Waals surface area contributed by atoms with Crippen LogP contribution in [0.4, 0.5) is 9.59 Å². The van der Waals surface area contributed by atoms with E-state index in [-0.39, 0.29) is 6.42 Å². The molecule has 242 valence electrons. The van der Waals surface area contributed by atoms with Gasteiger partial charge in [0.1, 0.15) is 23.3 Å². The van der Waals surface area contributed by atoms with Gasteiger partial charge in [0.05, 0.1) is 16.8 Å². The highest BCUT2D eigenvalue weighted by molar-refractivity contribution is 9.11. The fraction of sp³-hybridized carbons (Fsp3) is 0.633. The Morgan fingerprint density at radius 2 is 1.63 bits per heavy atom. The molecule has 0 radical (unpaired) electrons. The van der Waals surface area contributed by atoms with Crippen molar-refractivity contribution < 1.29 is 43.6 Å². The third kappa shape index (κ3) is 16.0. The number of aliphatic hydroxyl groups is 1. The Morgan fingerprint density at radius 3 is 2.09 bits per heavy atom. The van der Waals surface area contributed by atoms with Crippen LogP contribution in [0.25, 0.3) is 0 Å². The van der Waals surface area contributed by atoms with Gasteiger partial charge in [-0.15, -0.1) is 11.3 Å². The van der Waals surface area contributed by atoms with Crippen molar-refractivity contribution in [2.75, 3.05) is 0 Å². The summed E-state index contributed by atoms with van der Waals surface area (Å²) in [5.41, 5.74) is -0.521. The summed E-state index contributed by atoms with van der Waals surface area (Å²) < 4.78 is 17.0. The molecule has 1 aromatic heterocycles. The van der Waals surface area contributed by atoms with E-state index in [0.29, 0.717) is 46.9 Å². The number of aromatic nitrogens is 1. The van der Waals surface area contributed by atoms with Crippen LogP contribution in [0.1, 0.15) is 92.3 Å². The lowest BCUT2D eigenvalue weighted by atomic mass is 10.1. The zero-order valence-corrected chi connectivity index (χ0v) is 28.8. The van der Waals surface area contributed by atoms with Crippen molar-refractivity contribution >= 4 is 51.4 Å². The van der Waals surface area contributed by atoms with Crippen LogP contribution in [-0.2, 0) is 36.6 Å². The van der Waals surface area contributed by atoms with Crippen molar-refractivity contribution in [2.45, 2.75) is 124 Å². The van der Waals surface area contributed by atoms with Gasteiger partial charge < -0.3 is 24.4 Å². The number of carboxylic acids is 1. The lowest BCUT2D eigenvalue weighted by Crippen LogP contribution is -2.52. The fourth-order valence-corrected chi connectivity index (χ4v) is 4.99. The van der Waals surface area contributed by atoms with Crippen molar-refractivity contribution in [3.8, 4) is 0 Å². The predicted octanol–water partition coefficient (Wildman–Crippen LogP) is 6.56. The normalized spacial score (nSPS) is 14.9. The molecule has 0 saturated carbocycles. The summed E-state index contributed by atoms with van der Waals surface area (Å²) in [4.78, 5) is 55.6. The minimum atomic E-state index is -1.51. The number of halogens is 1. The number of aryl methyl sites for hydroxylation is 1. The largest absolute Gasteiger partial charge is 0.480 e. The summed E-state index contributed by atoms with van der Waals surface area (Å²) in [6.45, 7) is 14.9. The van der Waals surface area contributed by atoms with Crippen LogP contribution in [0.2, 0.25) is 0 Å². The van der Waals surface area contributed by atoms with Gasteiger partial charge in [-0.3, -0.25) is 0 Å². The second-order valence-electron chi connectivity index (χ2n) is 12.3. The third-order valence-electron chi connectivity index (χ3n) is 5.33. The number of imide groups is 1. The number of ether oxygens (including phenoxy) is 3. The lowest BCUT2D eigenvalue weighted by Gasteiger charge is -2.31. The molecule has 0 spiro atoms. The third-order valence-corrected chi connectivity index (χ3v) is 6.51. The predicted molar refractivity (Wildman–Crippen MR) is 167 cm³/mol. The van der Waals surface area contributed by atoms with E-state index in [2.05, 4.69) is 20.9 Å². The number of allylic oxidation sites excluding steroid dienone is 1. The Bertz CT molecular complexity index is 1150. The first-order valence-electron chi connectivity index (χ1n) is 14.0. The minimum absolute atomic E-state index is 0.0510. The van der Waals surface area contributed by atoms with Gasteiger partial charge in [-0.2, -0.15) is 4.90 Å². The second kappa shape index (κ2) is 16.9. The number of hydrogen-bond donors (Lipinski definition) is 2. The molecule has 0 fully saturated rings. The van der Waals surface area contributed by atoms with Crippen LogP contribution >= 0.6 is 27.3 Å². The number of esters is 1. The smallest absolute Gasteiger partial charge is 0.420 e. The number of aliphatic hydroxyl groups excluding tert-OH is 1. The zero-order chi connectivity index (χ0) is 33.1. The molecule has 0 aliphatic carbocycles. The molecule has 11 nitrogen and oxygen atoms in total. The van der Waals surface area contributed by atoms with Crippen LogP contribution in [0.5, 0.6) is 0 Å². The van der Waals surface area contributed by atoms with E-state index >= 15 is 0 Å². The maximum Gasteiger partial charge on any atom is 0.420 e. The number of rotatable bonds is 13. The molecule has 2 amide bonds. The van der Waals surface area contributed by atoms with Gasteiger partial charge in [-0.05, 0) is 98.6 Å². The summed E-state index contributed by atoms with van der Waals surface area (Å²) in [5, 5.41) is 22.0. The number of carbonyl (C=O) groups excluding carboxylic acids is 3. The van der Waals surface area contributed by atoms with E-state index in [0.717, 1.165) is 4.48 Å². The SMILES string of the molecule is C/C(Br)=C\C(Cc1nc(CCC[C@@H](C(=O)O)N(C(=O)OC(C)(C)C)C(=O)OC(C)(C)C)cs1)OC(=O)/C=C(\C)CC(C)O. The van der Waals surface area contributed by atoms with Crippen molar-refractivity contribution in [3.05, 3.63) is 38.3 Å². The van der Waals surface area contributed by atoms with E-state index in [1.807, 2.05) is 12.3 Å². The van der Waals surface area contributed by atoms with Crippen molar-refractivity contribution in [1.29, 1.82) is 0 Å². The van der Waals surface area contributed by atoms with Gasteiger partial charge in [0.2, 0.25) is 0 Å². The minimum Gasteiger partial charge on any atom is -0.480 e. The monoisotopic (exact) mass is 688 g/mol. The Balaban J connectivity index is 2.99. The molecule has 0 aliphatic rings. The number of nitrogens with zero attached hydrogens (tertiary/aromatic N) is 2. The molecule has 0 saturated heterocycles. The Labute approximate surface area is 266 Å². The van der Waals surface area contributed by atoms with Crippen LogP contribution in [0.15, 0.2) is 27.6 Å². The zero-order valence-electron chi connectivity index (χ0n) is 26.4. The second-order valence-corrected chi connectivity index (χ2v) is 14.5. The van der Waals surface area contributed by atoms with E-state index < -0.39 is 53.6 Å². The van der Waals surface area contributed by atoms with E-state index in [9.17, 15) is 29.4 Å². The van der Waals surface area contributed by atoms with Crippen molar-refractivity contribution in [3.63, 3.8) is 0 Å². The van der Waals surface area contributed by atoms with Crippen LogP contribution in [0.3, 0.4) is 0 Å². The molecule has 1 heterocycles. The van der Waals surface area contributed by atoms with Gasteiger partial charge in [0.25, 0.3) is 0 Å².